The minimum atomic E-state index is -1.000. The number of nitrogens with zero attached hydrogens (tertiary/aromatic N) is 3. The minimum absolute atomic E-state index is 0.667. The molecule has 0 atom stereocenters. The van der Waals surface area contributed by atoms with Gasteiger partial charge in [-0.3, -0.25) is 4.90 Å². The predicted molar refractivity (Wildman–Crippen MR) is 42.3 cm³/mol. The quantitative estimate of drug-likeness (QED) is 0.573. The molecular formula is C7H7N3O2. The van der Waals surface area contributed by atoms with Crippen molar-refractivity contribution in [1.82, 2.24) is 9.80 Å². The van der Waals surface area contributed by atoms with Crippen LogP contribution in [-0.2, 0) is 0 Å². The van der Waals surface area contributed by atoms with Crippen LogP contribution in [0.5, 0.6) is 0 Å². The van der Waals surface area contributed by atoms with Crippen LogP contribution in [0.4, 0.5) is 4.79 Å². The van der Waals surface area contributed by atoms with Crippen LogP contribution in [0.2, 0.25) is 0 Å². The smallest absolute Gasteiger partial charge is 0.415 e. The highest BCUT2D eigenvalue weighted by molar-refractivity contribution is 5.70. The highest BCUT2D eigenvalue weighted by Crippen LogP contribution is 2.17. The zero-order valence-electron chi connectivity index (χ0n) is 6.21. The number of aliphatic imine (C=N–C) groups is 1. The summed E-state index contributed by atoms with van der Waals surface area (Å²) in [7, 11) is 0. The van der Waals surface area contributed by atoms with Crippen molar-refractivity contribution in [2.75, 3.05) is 6.54 Å². The maximum atomic E-state index is 10.5. The first kappa shape index (κ1) is 6.90. The second-order valence-electron chi connectivity index (χ2n) is 2.44. The van der Waals surface area contributed by atoms with Crippen LogP contribution in [0.15, 0.2) is 29.4 Å². The van der Waals surface area contributed by atoms with Crippen molar-refractivity contribution in [3.8, 4) is 0 Å². The Morgan fingerprint density at radius 2 is 2.42 bits per heavy atom. The summed E-state index contributed by atoms with van der Waals surface area (Å²) in [5.74, 6) is 0.667. The van der Waals surface area contributed by atoms with Crippen molar-refractivity contribution in [3.05, 3.63) is 24.4 Å². The van der Waals surface area contributed by atoms with Gasteiger partial charge in [0.15, 0.2) is 0 Å². The average molecular weight is 165 g/mol. The fourth-order valence-electron chi connectivity index (χ4n) is 1.07. The lowest BCUT2D eigenvalue weighted by Crippen LogP contribution is -2.25. The molecule has 2 aliphatic rings. The van der Waals surface area contributed by atoms with E-state index in [2.05, 4.69) is 4.99 Å². The topological polar surface area (TPSA) is 56.1 Å². The van der Waals surface area contributed by atoms with Gasteiger partial charge in [0.25, 0.3) is 0 Å². The van der Waals surface area contributed by atoms with Crippen LogP contribution < -0.4 is 0 Å². The fourth-order valence-corrected chi connectivity index (χ4v) is 1.07. The average Bonchev–Trinajstić information content (AvgIpc) is 2.49. The van der Waals surface area contributed by atoms with Crippen LogP contribution in [-0.4, -0.2) is 33.8 Å². The molecule has 5 nitrogen and oxygen atoms in total. The Morgan fingerprint density at radius 1 is 1.58 bits per heavy atom. The zero-order valence-corrected chi connectivity index (χ0v) is 6.21. The molecule has 0 saturated carbocycles. The molecule has 2 rings (SSSR count). The van der Waals surface area contributed by atoms with E-state index in [1.165, 1.54) is 12.4 Å². The first-order valence-electron chi connectivity index (χ1n) is 3.48. The van der Waals surface area contributed by atoms with Gasteiger partial charge in [0.05, 0.1) is 12.7 Å². The van der Waals surface area contributed by atoms with Gasteiger partial charge in [-0.05, 0) is 0 Å². The maximum Gasteiger partial charge on any atom is 0.415 e. The molecular weight excluding hydrogens is 158 g/mol. The summed E-state index contributed by atoms with van der Waals surface area (Å²) in [6.07, 6.45) is 5.39. The summed E-state index contributed by atoms with van der Waals surface area (Å²) < 4.78 is 0. The second kappa shape index (κ2) is 2.37. The monoisotopic (exact) mass is 165 g/mol. The zero-order chi connectivity index (χ0) is 8.55. The summed E-state index contributed by atoms with van der Waals surface area (Å²) in [5.41, 5.74) is 0. The van der Waals surface area contributed by atoms with E-state index in [0.29, 0.717) is 5.82 Å². The SMILES string of the molecule is O=C(O)N1C=CN2CC=NC2=C1. The fraction of sp³-hybridized carbons (Fsp3) is 0.143. The molecule has 0 unspecified atom stereocenters. The molecule has 0 aromatic heterocycles. The number of fused-ring (bicyclic) bond motifs is 1. The first-order chi connectivity index (χ1) is 5.77. The molecule has 12 heavy (non-hydrogen) atoms. The highest BCUT2D eigenvalue weighted by atomic mass is 16.4. The van der Waals surface area contributed by atoms with Crippen molar-refractivity contribution in [3.63, 3.8) is 0 Å². The normalized spacial score (nSPS) is 19.5. The third-order valence-electron chi connectivity index (χ3n) is 1.68. The molecule has 1 N–H and O–H groups in total. The largest absolute Gasteiger partial charge is 0.464 e. The third kappa shape index (κ3) is 0.952. The van der Waals surface area contributed by atoms with E-state index in [1.807, 2.05) is 4.90 Å². The van der Waals surface area contributed by atoms with Crippen LogP contribution >= 0.6 is 0 Å². The van der Waals surface area contributed by atoms with Crippen molar-refractivity contribution in [2.45, 2.75) is 0 Å². The lowest BCUT2D eigenvalue weighted by atomic mass is 10.5. The lowest BCUT2D eigenvalue weighted by Gasteiger charge is -2.20. The van der Waals surface area contributed by atoms with E-state index in [-0.39, 0.29) is 0 Å². The minimum Gasteiger partial charge on any atom is -0.464 e. The predicted octanol–water partition coefficient (Wildman–Crippen LogP) is 0.637. The molecule has 0 radical (unpaired) electrons. The Hall–Kier alpha value is -1.78. The van der Waals surface area contributed by atoms with Gasteiger partial charge < -0.3 is 10.0 Å². The molecule has 0 aliphatic carbocycles. The van der Waals surface area contributed by atoms with E-state index in [0.717, 1.165) is 11.4 Å². The Morgan fingerprint density at radius 3 is 3.17 bits per heavy atom. The summed E-state index contributed by atoms with van der Waals surface area (Å²) in [6.45, 7) is 0.718. The van der Waals surface area contributed by atoms with Crippen LogP contribution in [0, 0.1) is 0 Å². The molecule has 0 spiro atoms. The van der Waals surface area contributed by atoms with Gasteiger partial charge in [0, 0.05) is 18.6 Å². The van der Waals surface area contributed by atoms with Gasteiger partial charge in [0.1, 0.15) is 5.82 Å². The Kier molecular flexibility index (Phi) is 1.36. The van der Waals surface area contributed by atoms with E-state index >= 15 is 0 Å². The summed E-state index contributed by atoms with van der Waals surface area (Å²) in [6, 6.07) is 0. The van der Waals surface area contributed by atoms with Crippen molar-refractivity contribution in [2.24, 2.45) is 4.99 Å². The van der Waals surface area contributed by atoms with Crippen LogP contribution in [0.25, 0.3) is 0 Å². The Labute approximate surface area is 68.9 Å². The van der Waals surface area contributed by atoms with E-state index in [9.17, 15) is 4.79 Å². The molecule has 2 heterocycles. The van der Waals surface area contributed by atoms with Crippen molar-refractivity contribution < 1.29 is 9.90 Å². The van der Waals surface area contributed by atoms with Gasteiger partial charge >= 0.3 is 6.09 Å². The molecule has 0 aromatic carbocycles. The molecule has 5 heteroatoms. The number of carboxylic acid groups (broad SMARTS) is 1. The molecule has 1 amide bonds. The summed E-state index contributed by atoms with van der Waals surface area (Å²) in [4.78, 5) is 17.4. The number of rotatable bonds is 0. The highest BCUT2D eigenvalue weighted by Gasteiger charge is 2.18. The van der Waals surface area contributed by atoms with Gasteiger partial charge in [0.2, 0.25) is 0 Å². The van der Waals surface area contributed by atoms with Gasteiger partial charge in [-0.1, -0.05) is 0 Å². The molecule has 0 aromatic rings. The summed E-state index contributed by atoms with van der Waals surface area (Å²) >= 11 is 0. The number of hydrogen-bond acceptors (Lipinski definition) is 3. The molecule has 0 bridgehead atoms. The van der Waals surface area contributed by atoms with Gasteiger partial charge in [-0.25, -0.2) is 9.79 Å². The third-order valence-corrected chi connectivity index (χ3v) is 1.68. The molecule has 2 aliphatic heterocycles. The Bertz CT molecular complexity index is 306. The van der Waals surface area contributed by atoms with Crippen LogP contribution in [0.1, 0.15) is 0 Å². The lowest BCUT2D eigenvalue weighted by molar-refractivity contribution is 0.173. The molecule has 0 saturated heterocycles. The second-order valence-corrected chi connectivity index (χ2v) is 2.44. The van der Waals surface area contributed by atoms with Gasteiger partial charge in [-0.15, -0.1) is 0 Å². The van der Waals surface area contributed by atoms with Crippen molar-refractivity contribution in [1.29, 1.82) is 0 Å². The summed E-state index contributed by atoms with van der Waals surface area (Å²) in [5, 5.41) is 8.62. The van der Waals surface area contributed by atoms with E-state index in [1.54, 1.807) is 12.4 Å². The number of carbonyl (C=O) groups is 1. The van der Waals surface area contributed by atoms with Crippen LogP contribution in [0.3, 0.4) is 0 Å². The molecule has 0 fully saturated rings. The molecule has 62 valence electrons. The Balaban J connectivity index is 2.25. The first-order valence-corrected chi connectivity index (χ1v) is 3.48. The number of hydrogen-bond donors (Lipinski definition) is 1. The standard InChI is InChI=1S/C7H7N3O2/c11-7(12)10-4-3-9-2-1-8-6(9)5-10/h1,3-5H,2H2,(H,11,12). The van der Waals surface area contributed by atoms with Gasteiger partial charge in [-0.2, -0.15) is 0 Å². The maximum absolute atomic E-state index is 10.5. The van der Waals surface area contributed by atoms with E-state index in [4.69, 9.17) is 5.11 Å². The van der Waals surface area contributed by atoms with Crippen molar-refractivity contribution >= 4 is 12.3 Å². The van der Waals surface area contributed by atoms with E-state index < -0.39 is 6.09 Å². The number of amides is 1.